The normalized spacial score (nSPS) is 10.0. The zero-order valence-corrected chi connectivity index (χ0v) is 10.1. The number of pyridine rings is 1. The Kier molecular flexibility index (Phi) is 4.04. The second-order valence-corrected chi connectivity index (χ2v) is 3.83. The van der Waals surface area contributed by atoms with Gasteiger partial charge in [-0.25, -0.2) is 15.2 Å². The molecule has 0 aliphatic heterocycles. The smallest absolute Gasteiger partial charge is 0.254 e. The summed E-state index contributed by atoms with van der Waals surface area (Å²) >= 11 is 0. The Labute approximate surface area is 109 Å². The average molecular weight is 260 g/mol. The number of anilines is 1. The van der Waals surface area contributed by atoms with Crippen LogP contribution in [0, 0.1) is 5.82 Å². The van der Waals surface area contributed by atoms with Crippen LogP contribution in [0.4, 0.5) is 10.2 Å². The van der Waals surface area contributed by atoms with Crippen molar-refractivity contribution >= 4 is 11.7 Å². The first-order valence-corrected chi connectivity index (χ1v) is 5.65. The van der Waals surface area contributed by atoms with Gasteiger partial charge in [0.15, 0.2) is 11.6 Å². The van der Waals surface area contributed by atoms with Gasteiger partial charge in [-0.15, -0.1) is 0 Å². The summed E-state index contributed by atoms with van der Waals surface area (Å²) in [6.45, 7) is 0.326. The topological polar surface area (TPSA) is 80.0 Å². The van der Waals surface area contributed by atoms with E-state index in [-0.39, 0.29) is 11.4 Å². The SMILES string of the molecule is NNc1nccc(C(=O)NCc2ccccc2)c1F. The molecule has 1 amide bonds. The second kappa shape index (κ2) is 5.92. The minimum atomic E-state index is -0.768. The fourth-order valence-corrected chi connectivity index (χ4v) is 1.59. The predicted molar refractivity (Wildman–Crippen MR) is 69.6 cm³/mol. The van der Waals surface area contributed by atoms with Crippen molar-refractivity contribution in [2.45, 2.75) is 6.54 Å². The molecule has 1 aromatic heterocycles. The zero-order chi connectivity index (χ0) is 13.7. The van der Waals surface area contributed by atoms with E-state index in [0.717, 1.165) is 5.56 Å². The molecule has 19 heavy (non-hydrogen) atoms. The molecule has 0 aliphatic carbocycles. The van der Waals surface area contributed by atoms with Gasteiger partial charge in [-0.2, -0.15) is 0 Å². The molecule has 1 aromatic carbocycles. The maximum atomic E-state index is 13.8. The van der Waals surface area contributed by atoms with E-state index in [0.29, 0.717) is 6.54 Å². The molecule has 5 nitrogen and oxygen atoms in total. The van der Waals surface area contributed by atoms with Gasteiger partial charge in [0.25, 0.3) is 5.91 Å². The molecule has 0 atom stereocenters. The largest absolute Gasteiger partial charge is 0.348 e. The van der Waals surface area contributed by atoms with Crippen molar-refractivity contribution in [1.29, 1.82) is 0 Å². The highest BCUT2D eigenvalue weighted by Crippen LogP contribution is 2.13. The van der Waals surface area contributed by atoms with Crippen molar-refractivity contribution < 1.29 is 9.18 Å². The van der Waals surface area contributed by atoms with E-state index >= 15 is 0 Å². The zero-order valence-electron chi connectivity index (χ0n) is 10.1. The van der Waals surface area contributed by atoms with Crippen LogP contribution in [0.1, 0.15) is 15.9 Å². The third-order valence-corrected chi connectivity index (χ3v) is 2.57. The van der Waals surface area contributed by atoms with E-state index < -0.39 is 11.7 Å². The predicted octanol–water partition coefficient (Wildman–Crippen LogP) is 1.44. The monoisotopic (exact) mass is 260 g/mol. The molecule has 2 rings (SSSR count). The van der Waals surface area contributed by atoms with E-state index in [4.69, 9.17) is 5.84 Å². The first kappa shape index (κ1) is 13.0. The van der Waals surface area contributed by atoms with Crippen LogP contribution in [-0.4, -0.2) is 10.9 Å². The Hall–Kier alpha value is -2.47. The highest BCUT2D eigenvalue weighted by Gasteiger charge is 2.15. The standard InChI is InChI=1S/C13H13FN4O/c14-11-10(6-7-16-12(11)18-15)13(19)17-8-9-4-2-1-3-5-9/h1-7H,8,15H2,(H,16,18)(H,17,19). The Morgan fingerprint density at radius 1 is 1.26 bits per heavy atom. The van der Waals surface area contributed by atoms with Crippen molar-refractivity contribution in [3.63, 3.8) is 0 Å². The van der Waals surface area contributed by atoms with Crippen LogP contribution in [0.15, 0.2) is 42.6 Å². The molecule has 0 aliphatic rings. The Bertz CT molecular complexity index is 574. The van der Waals surface area contributed by atoms with E-state index in [1.165, 1.54) is 12.3 Å². The number of nitrogen functional groups attached to an aromatic ring is 1. The van der Waals surface area contributed by atoms with Crippen molar-refractivity contribution in [2.75, 3.05) is 5.43 Å². The lowest BCUT2D eigenvalue weighted by molar-refractivity contribution is 0.0947. The van der Waals surface area contributed by atoms with Gasteiger partial charge in [0.1, 0.15) is 0 Å². The highest BCUT2D eigenvalue weighted by atomic mass is 19.1. The van der Waals surface area contributed by atoms with E-state index in [9.17, 15) is 9.18 Å². The summed E-state index contributed by atoms with van der Waals surface area (Å²) in [6.07, 6.45) is 1.32. The summed E-state index contributed by atoms with van der Waals surface area (Å²) < 4.78 is 13.8. The van der Waals surface area contributed by atoms with Gasteiger partial charge in [0.05, 0.1) is 5.56 Å². The number of amides is 1. The number of carbonyl (C=O) groups is 1. The van der Waals surface area contributed by atoms with Crippen LogP contribution >= 0.6 is 0 Å². The summed E-state index contributed by atoms with van der Waals surface area (Å²) in [5, 5.41) is 2.63. The number of nitrogens with two attached hydrogens (primary N) is 1. The van der Waals surface area contributed by atoms with Gasteiger partial charge in [-0.05, 0) is 11.6 Å². The number of benzene rings is 1. The molecule has 6 heteroatoms. The molecule has 0 saturated carbocycles. The molecule has 1 heterocycles. The van der Waals surface area contributed by atoms with E-state index in [1.807, 2.05) is 30.3 Å². The third-order valence-electron chi connectivity index (χ3n) is 2.57. The lowest BCUT2D eigenvalue weighted by atomic mass is 10.2. The summed E-state index contributed by atoms with van der Waals surface area (Å²) in [7, 11) is 0. The van der Waals surface area contributed by atoms with Crippen molar-refractivity contribution in [3.05, 3.63) is 59.5 Å². The van der Waals surface area contributed by atoms with E-state index in [2.05, 4.69) is 15.7 Å². The van der Waals surface area contributed by atoms with Crippen LogP contribution in [0.2, 0.25) is 0 Å². The fourth-order valence-electron chi connectivity index (χ4n) is 1.59. The molecule has 0 spiro atoms. The quantitative estimate of drug-likeness (QED) is 0.574. The molecule has 4 N–H and O–H groups in total. The number of hydrogen-bond acceptors (Lipinski definition) is 4. The van der Waals surface area contributed by atoms with Crippen LogP contribution < -0.4 is 16.6 Å². The minimum absolute atomic E-state index is 0.0983. The molecular weight excluding hydrogens is 247 g/mol. The number of aromatic nitrogens is 1. The maximum Gasteiger partial charge on any atom is 0.254 e. The number of nitrogens with one attached hydrogen (secondary N) is 2. The van der Waals surface area contributed by atoms with Crippen LogP contribution in [0.5, 0.6) is 0 Å². The van der Waals surface area contributed by atoms with Crippen molar-refractivity contribution in [2.24, 2.45) is 5.84 Å². The molecule has 0 unspecified atom stereocenters. The average Bonchev–Trinajstić information content (AvgIpc) is 2.46. The van der Waals surface area contributed by atoms with E-state index in [1.54, 1.807) is 0 Å². The minimum Gasteiger partial charge on any atom is -0.348 e. The van der Waals surface area contributed by atoms with Crippen LogP contribution in [-0.2, 0) is 6.54 Å². The van der Waals surface area contributed by atoms with Crippen LogP contribution in [0.3, 0.4) is 0 Å². The first-order chi connectivity index (χ1) is 9.22. The molecular formula is C13H13FN4O. The lowest BCUT2D eigenvalue weighted by Crippen LogP contribution is -2.24. The number of rotatable bonds is 4. The van der Waals surface area contributed by atoms with Crippen LogP contribution in [0.25, 0.3) is 0 Å². The van der Waals surface area contributed by atoms with Gasteiger partial charge in [-0.3, -0.25) is 4.79 Å². The Morgan fingerprint density at radius 3 is 2.68 bits per heavy atom. The number of carbonyl (C=O) groups excluding carboxylic acids is 1. The summed E-state index contributed by atoms with van der Waals surface area (Å²) in [5.41, 5.74) is 2.93. The van der Waals surface area contributed by atoms with Gasteiger partial charge >= 0.3 is 0 Å². The second-order valence-electron chi connectivity index (χ2n) is 3.83. The fraction of sp³-hybridized carbons (Fsp3) is 0.0769. The van der Waals surface area contributed by atoms with Gasteiger partial charge in [0, 0.05) is 12.7 Å². The number of nitrogens with zero attached hydrogens (tertiary/aromatic N) is 1. The Balaban J connectivity index is 2.08. The van der Waals surface area contributed by atoms with Gasteiger partial charge < -0.3 is 10.7 Å². The molecule has 0 bridgehead atoms. The number of halogens is 1. The lowest BCUT2D eigenvalue weighted by Gasteiger charge is -2.08. The summed E-state index contributed by atoms with van der Waals surface area (Å²) in [5.74, 6) is 3.66. The van der Waals surface area contributed by atoms with Gasteiger partial charge in [0.2, 0.25) is 0 Å². The van der Waals surface area contributed by atoms with Crippen molar-refractivity contribution in [1.82, 2.24) is 10.3 Å². The summed E-state index contributed by atoms with van der Waals surface area (Å²) in [6, 6.07) is 10.7. The molecule has 0 saturated heterocycles. The molecule has 0 fully saturated rings. The molecule has 98 valence electrons. The van der Waals surface area contributed by atoms with Gasteiger partial charge in [-0.1, -0.05) is 30.3 Å². The number of hydrazine groups is 1. The summed E-state index contributed by atoms with van der Waals surface area (Å²) in [4.78, 5) is 15.5. The highest BCUT2D eigenvalue weighted by molar-refractivity contribution is 5.95. The maximum absolute atomic E-state index is 13.8. The molecule has 0 radical (unpaired) electrons. The molecule has 2 aromatic rings. The number of hydrogen-bond donors (Lipinski definition) is 3. The third kappa shape index (κ3) is 3.05. The van der Waals surface area contributed by atoms with Crippen molar-refractivity contribution in [3.8, 4) is 0 Å². The first-order valence-electron chi connectivity index (χ1n) is 5.65. The Morgan fingerprint density at radius 2 is 2.00 bits per heavy atom.